The molecule has 4 nitrogen and oxygen atoms in total. The van der Waals surface area contributed by atoms with E-state index in [1.54, 1.807) is 0 Å². The van der Waals surface area contributed by atoms with Crippen LogP contribution in [0, 0.1) is 11.3 Å². The lowest BCUT2D eigenvalue weighted by atomic mass is 9.71. The van der Waals surface area contributed by atoms with Crippen molar-refractivity contribution in [3.05, 3.63) is 0 Å². The fraction of sp³-hybridized carbons (Fsp3) is 0.933. The molecular weight excluding hydrogens is 242 g/mol. The van der Waals surface area contributed by atoms with Gasteiger partial charge in [0, 0.05) is 13.2 Å². The van der Waals surface area contributed by atoms with E-state index in [0.717, 1.165) is 45.1 Å². The maximum atomic E-state index is 12.2. The van der Waals surface area contributed by atoms with Gasteiger partial charge in [-0.2, -0.15) is 0 Å². The standard InChI is InChI=1S/C15H29NO3/c1-3-4-9-18-10-11-19-14(17)15(12-16)7-5-13(2)6-8-15/h13H,3-12,16H2,1-2H3. The van der Waals surface area contributed by atoms with Crippen molar-refractivity contribution in [1.82, 2.24) is 0 Å². The molecule has 0 heterocycles. The summed E-state index contributed by atoms with van der Waals surface area (Å²) in [6, 6.07) is 0. The van der Waals surface area contributed by atoms with Crippen molar-refractivity contribution in [2.24, 2.45) is 17.1 Å². The van der Waals surface area contributed by atoms with Crippen LogP contribution in [-0.4, -0.2) is 32.3 Å². The van der Waals surface area contributed by atoms with Gasteiger partial charge in [0.1, 0.15) is 6.61 Å². The number of esters is 1. The molecule has 0 aliphatic heterocycles. The van der Waals surface area contributed by atoms with E-state index in [2.05, 4.69) is 13.8 Å². The van der Waals surface area contributed by atoms with Crippen molar-refractivity contribution in [2.75, 3.05) is 26.4 Å². The Hall–Kier alpha value is -0.610. The highest BCUT2D eigenvalue weighted by Gasteiger charge is 2.41. The van der Waals surface area contributed by atoms with Gasteiger partial charge >= 0.3 is 5.97 Å². The molecule has 0 spiro atoms. The predicted molar refractivity (Wildman–Crippen MR) is 75.8 cm³/mol. The summed E-state index contributed by atoms with van der Waals surface area (Å²) in [6.07, 6.45) is 6.03. The first kappa shape index (κ1) is 16.4. The van der Waals surface area contributed by atoms with Gasteiger partial charge in [0.2, 0.25) is 0 Å². The van der Waals surface area contributed by atoms with Gasteiger partial charge in [-0.25, -0.2) is 0 Å². The SMILES string of the molecule is CCCCOCCOC(=O)C1(CN)CCC(C)CC1. The highest BCUT2D eigenvalue weighted by Crippen LogP contribution is 2.39. The van der Waals surface area contributed by atoms with Crippen molar-refractivity contribution >= 4 is 5.97 Å². The van der Waals surface area contributed by atoms with Crippen LogP contribution in [0.4, 0.5) is 0 Å². The minimum atomic E-state index is -0.435. The number of rotatable bonds is 8. The molecular formula is C15H29NO3. The van der Waals surface area contributed by atoms with Gasteiger partial charge in [-0.15, -0.1) is 0 Å². The number of ether oxygens (including phenoxy) is 2. The lowest BCUT2D eigenvalue weighted by Gasteiger charge is -2.36. The average molecular weight is 271 g/mol. The number of carbonyl (C=O) groups is 1. The summed E-state index contributed by atoms with van der Waals surface area (Å²) in [6.45, 7) is 6.33. The second kappa shape index (κ2) is 8.54. The summed E-state index contributed by atoms with van der Waals surface area (Å²) in [7, 11) is 0. The van der Waals surface area contributed by atoms with Gasteiger partial charge in [0.05, 0.1) is 12.0 Å². The zero-order valence-electron chi connectivity index (χ0n) is 12.5. The summed E-state index contributed by atoms with van der Waals surface area (Å²) in [5.74, 6) is 0.575. The van der Waals surface area contributed by atoms with Gasteiger partial charge in [-0.3, -0.25) is 4.79 Å². The van der Waals surface area contributed by atoms with Gasteiger partial charge in [-0.05, 0) is 38.0 Å². The molecule has 0 aromatic heterocycles. The zero-order chi connectivity index (χ0) is 14.1. The van der Waals surface area contributed by atoms with Crippen molar-refractivity contribution in [2.45, 2.75) is 52.4 Å². The van der Waals surface area contributed by atoms with E-state index in [1.165, 1.54) is 0 Å². The number of hydrogen-bond acceptors (Lipinski definition) is 4. The Labute approximate surface area is 117 Å². The Morgan fingerprint density at radius 3 is 2.53 bits per heavy atom. The first-order valence-electron chi connectivity index (χ1n) is 7.59. The van der Waals surface area contributed by atoms with Crippen molar-refractivity contribution in [3.63, 3.8) is 0 Å². The highest BCUT2D eigenvalue weighted by molar-refractivity contribution is 5.77. The van der Waals surface area contributed by atoms with Gasteiger partial charge in [0.25, 0.3) is 0 Å². The average Bonchev–Trinajstić information content (AvgIpc) is 2.43. The topological polar surface area (TPSA) is 61.5 Å². The second-order valence-corrected chi connectivity index (χ2v) is 5.77. The largest absolute Gasteiger partial charge is 0.463 e. The first-order valence-corrected chi connectivity index (χ1v) is 7.59. The zero-order valence-corrected chi connectivity index (χ0v) is 12.5. The van der Waals surface area contributed by atoms with E-state index in [9.17, 15) is 4.79 Å². The van der Waals surface area contributed by atoms with E-state index >= 15 is 0 Å². The van der Waals surface area contributed by atoms with Crippen LogP contribution in [0.25, 0.3) is 0 Å². The maximum absolute atomic E-state index is 12.2. The van der Waals surface area contributed by atoms with Crippen molar-refractivity contribution in [1.29, 1.82) is 0 Å². The molecule has 0 bridgehead atoms. The molecule has 0 atom stereocenters. The quantitative estimate of drug-likeness (QED) is 0.544. The minimum Gasteiger partial charge on any atom is -0.463 e. The first-order chi connectivity index (χ1) is 9.14. The fourth-order valence-electron chi connectivity index (χ4n) is 2.50. The van der Waals surface area contributed by atoms with Crippen molar-refractivity contribution < 1.29 is 14.3 Å². The molecule has 4 heteroatoms. The Morgan fingerprint density at radius 2 is 1.95 bits per heavy atom. The normalized spacial score (nSPS) is 27.2. The predicted octanol–water partition coefficient (Wildman–Crippen LogP) is 2.50. The number of unbranched alkanes of at least 4 members (excludes halogenated alkanes) is 1. The number of hydrogen-bond donors (Lipinski definition) is 1. The monoisotopic (exact) mass is 271 g/mol. The summed E-state index contributed by atoms with van der Waals surface area (Å²) >= 11 is 0. The molecule has 1 saturated carbocycles. The molecule has 0 radical (unpaired) electrons. The molecule has 1 aliphatic carbocycles. The Kier molecular flexibility index (Phi) is 7.39. The summed E-state index contributed by atoms with van der Waals surface area (Å²) in [5, 5.41) is 0. The molecule has 1 rings (SSSR count). The Morgan fingerprint density at radius 1 is 1.26 bits per heavy atom. The molecule has 0 aromatic carbocycles. The Balaban J connectivity index is 2.26. The molecule has 1 aliphatic rings. The van der Waals surface area contributed by atoms with E-state index in [-0.39, 0.29) is 5.97 Å². The Bertz CT molecular complexity index is 260. The maximum Gasteiger partial charge on any atom is 0.313 e. The molecule has 19 heavy (non-hydrogen) atoms. The van der Waals surface area contributed by atoms with Crippen LogP contribution in [0.1, 0.15) is 52.4 Å². The van der Waals surface area contributed by atoms with E-state index in [0.29, 0.717) is 25.7 Å². The lowest BCUT2D eigenvalue weighted by Crippen LogP contribution is -2.43. The van der Waals surface area contributed by atoms with E-state index in [4.69, 9.17) is 15.2 Å². The van der Waals surface area contributed by atoms with Gasteiger partial charge in [0.15, 0.2) is 0 Å². The van der Waals surface area contributed by atoms with Gasteiger partial charge in [-0.1, -0.05) is 20.3 Å². The van der Waals surface area contributed by atoms with Crippen molar-refractivity contribution in [3.8, 4) is 0 Å². The summed E-state index contributed by atoms with van der Waals surface area (Å²) in [4.78, 5) is 12.2. The molecule has 112 valence electrons. The van der Waals surface area contributed by atoms with Crippen LogP contribution in [0.5, 0.6) is 0 Å². The molecule has 2 N–H and O–H groups in total. The van der Waals surface area contributed by atoms with Gasteiger partial charge < -0.3 is 15.2 Å². The van der Waals surface area contributed by atoms with E-state index in [1.807, 2.05) is 0 Å². The van der Waals surface area contributed by atoms with Crippen LogP contribution >= 0.6 is 0 Å². The second-order valence-electron chi connectivity index (χ2n) is 5.77. The summed E-state index contributed by atoms with van der Waals surface area (Å²) in [5.41, 5.74) is 5.39. The third-order valence-electron chi connectivity index (χ3n) is 4.16. The summed E-state index contributed by atoms with van der Waals surface area (Å²) < 4.78 is 10.7. The molecule has 0 saturated heterocycles. The number of nitrogens with two attached hydrogens (primary N) is 1. The van der Waals surface area contributed by atoms with Crippen LogP contribution in [0.3, 0.4) is 0 Å². The lowest BCUT2D eigenvalue weighted by molar-refractivity contribution is -0.159. The third kappa shape index (κ3) is 5.11. The van der Waals surface area contributed by atoms with E-state index < -0.39 is 5.41 Å². The molecule has 0 unspecified atom stereocenters. The molecule has 0 amide bonds. The smallest absolute Gasteiger partial charge is 0.313 e. The number of carbonyl (C=O) groups excluding carboxylic acids is 1. The fourth-order valence-corrected chi connectivity index (χ4v) is 2.50. The van der Waals surface area contributed by atoms with Crippen LogP contribution in [0.15, 0.2) is 0 Å². The van der Waals surface area contributed by atoms with Crippen LogP contribution in [-0.2, 0) is 14.3 Å². The van der Waals surface area contributed by atoms with Crippen LogP contribution in [0.2, 0.25) is 0 Å². The molecule has 0 aromatic rings. The molecule has 1 fully saturated rings. The minimum absolute atomic E-state index is 0.124. The highest BCUT2D eigenvalue weighted by atomic mass is 16.6. The van der Waals surface area contributed by atoms with Crippen LogP contribution < -0.4 is 5.73 Å². The third-order valence-corrected chi connectivity index (χ3v) is 4.16.